The normalized spacial score (nSPS) is 32.4. The zero-order valence-electron chi connectivity index (χ0n) is 13.7. The summed E-state index contributed by atoms with van der Waals surface area (Å²) in [6.07, 6.45) is 5.77. The molecule has 1 saturated heterocycles. The molecule has 0 aromatic carbocycles. The first-order valence-electron chi connectivity index (χ1n) is 8.39. The molecule has 0 spiro atoms. The standard InChI is InChI=1S/C17H34N2/c1-13(2)15-11-19(16(10-18-15)14(3)4)12-17(5)8-6-7-9-17/h13-16,18H,6-12H2,1-5H3. The van der Waals surface area contributed by atoms with E-state index in [1.165, 1.54) is 45.3 Å². The molecule has 1 heterocycles. The highest BCUT2D eigenvalue weighted by atomic mass is 15.2. The Balaban J connectivity index is 2.02. The Morgan fingerprint density at radius 2 is 1.74 bits per heavy atom. The average Bonchev–Trinajstić information content (AvgIpc) is 2.75. The molecule has 1 N–H and O–H groups in total. The fraction of sp³-hybridized carbons (Fsp3) is 1.00. The minimum atomic E-state index is 0.589. The summed E-state index contributed by atoms with van der Waals surface area (Å²) < 4.78 is 0. The van der Waals surface area contributed by atoms with E-state index in [0.717, 1.165) is 17.9 Å². The van der Waals surface area contributed by atoms with Crippen LogP contribution in [-0.2, 0) is 0 Å². The summed E-state index contributed by atoms with van der Waals surface area (Å²) in [5.74, 6) is 1.50. The molecule has 2 heteroatoms. The zero-order valence-corrected chi connectivity index (χ0v) is 13.7. The van der Waals surface area contributed by atoms with Crippen LogP contribution in [0, 0.1) is 17.3 Å². The minimum Gasteiger partial charge on any atom is -0.311 e. The van der Waals surface area contributed by atoms with E-state index in [1.54, 1.807) is 0 Å². The third-order valence-corrected chi connectivity index (χ3v) is 5.46. The Labute approximate surface area is 120 Å². The van der Waals surface area contributed by atoms with Crippen LogP contribution in [-0.4, -0.2) is 36.6 Å². The number of hydrogen-bond donors (Lipinski definition) is 1. The lowest BCUT2D eigenvalue weighted by molar-refractivity contribution is 0.0475. The largest absolute Gasteiger partial charge is 0.311 e. The fourth-order valence-corrected chi connectivity index (χ4v) is 4.02. The molecule has 112 valence electrons. The molecule has 2 nitrogen and oxygen atoms in total. The monoisotopic (exact) mass is 266 g/mol. The Kier molecular flexibility index (Phi) is 4.94. The van der Waals surface area contributed by atoms with Gasteiger partial charge in [0.2, 0.25) is 0 Å². The molecule has 1 aliphatic carbocycles. The highest BCUT2D eigenvalue weighted by Gasteiger charge is 2.37. The van der Waals surface area contributed by atoms with Gasteiger partial charge in [-0.2, -0.15) is 0 Å². The van der Waals surface area contributed by atoms with Gasteiger partial charge in [-0.05, 0) is 30.1 Å². The maximum absolute atomic E-state index is 3.78. The second-order valence-corrected chi connectivity index (χ2v) is 8.02. The third-order valence-electron chi connectivity index (χ3n) is 5.46. The smallest absolute Gasteiger partial charge is 0.0244 e. The molecule has 2 atom stereocenters. The third kappa shape index (κ3) is 3.72. The molecule has 2 rings (SSSR count). The van der Waals surface area contributed by atoms with Gasteiger partial charge >= 0.3 is 0 Å². The van der Waals surface area contributed by atoms with E-state index < -0.39 is 0 Å². The summed E-state index contributed by atoms with van der Waals surface area (Å²) in [7, 11) is 0. The van der Waals surface area contributed by atoms with Crippen LogP contribution in [0.4, 0.5) is 0 Å². The van der Waals surface area contributed by atoms with Crippen molar-refractivity contribution in [2.75, 3.05) is 19.6 Å². The van der Waals surface area contributed by atoms with Gasteiger partial charge in [0.25, 0.3) is 0 Å². The van der Waals surface area contributed by atoms with Crippen molar-refractivity contribution in [3.8, 4) is 0 Å². The molecule has 1 aliphatic heterocycles. The molecule has 0 amide bonds. The number of nitrogens with zero attached hydrogens (tertiary/aromatic N) is 1. The predicted octanol–water partition coefficient (Wildman–Crippen LogP) is 3.52. The number of hydrogen-bond acceptors (Lipinski definition) is 2. The van der Waals surface area contributed by atoms with Gasteiger partial charge < -0.3 is 5.32 Å². The van der Waals surface area contributed by atoms with Crippen molar-refractivity contribution in [3.63, 3.8) is 0 Å². The van der Waals surface area contributed by atoms with E-state index in [0.29, 0.717) is 11.5 Å². The molecule has 0 radical (unpaired) electrons. The highest BCUT2D eigenvalue weighted by molar-refractivity contribution is 4.93. The highest BCUT2D eigenvalue weighted by Crippen LogP contribution is 2.39. The summed E-state index contributed by atoms with van der Waals surface area (Å²) in [5.41, 5.74) is 0.589. The number of nitrogens with one attached hydrogen (secondary N) is 1. The maximum Gasteiger partial charge on any atom is 0.0244 e. The van der Waals surface area contributed by atoms with E-state index in [-0.39, 0.29) is 0 Å². The van der Waals surface area contributed by atoms with Crippen LogP contribution in [0.1, 0.15) is 60.3 Å². The van der Waals surface area contributed by atoms with E-state index in [1.807, 2.05) is 0 Å². The van der Waals surface area contributed by atoms with Crippen molar-refractivity contribution in [1.29, 1.82) is 0 Å². The molecule has 0 bridgehead atoms. The summed E-state index contributed by atoms with van der Waals surface area (Å²) in [4.78, 5) is 2.82. The first-order valence-corrected chi connectivity index (χ1v) is 8.39. The SMILES string of the molecule is CC(C)C1CN(CC2(C)CCCC2)C(C(C)C)CN1. The lowest BCUT2D eigenvalue weighted by Gasteiger charge is -2.46. The van der Waals surface area contributed by atoms with Crippen molar-refractivity contribution in [2.45, 2.75) is 72.4 Å². The Hall–Kier alpha value is -0.0800. The van der Waals surface area contributed by atoms with Crippen LogP contribution in [0.25, 0.3) is 0 Å². The van der Waals surface area contributed by atoms with E-state index in [2.05, 4.69) is 44.8 Å². The predicted molar refractivity (Wildman–Crippen MR) is 83.4 cm³/mol. The van der Waals surface area contributed by atoms with Crippen molar-refractivity contribution >= 4 is 0 Å². The van der Waals surface area contributed by atoms with Crippen molar-refractivity contribution in [1.82, 2.24) is 10.2 Å². The van der Waals surface area contributed by atoms with Crippen molar-refractivity contribution < 1.29 is 0 Å². The summed E-state index contributed by atoms with van der Waals surface area (Å²) in [6.45, 7) is 15.7. The quantitative estimate of drug-likeness (QED) is 0.837. The van der Waals surface area contributed by atoms with Crippen molar-refractivity contribution in [3.05, 3.63) is 0 Å². The summed E-state index contributed by atoms with van der Waals surface area (Å²) in [6, 6.07) is 1.41. The molecule has 1 saturated carbocycles. The average molecular weight is 266 g/mol. The second kappa shape index (κ2) is 6.13. The number of piperazine rings is 1. The molecule has 2 fully saturated rings. The van der Waals surface area contributed by atoms with E-state index >= 15 is 0 Å². The van der Waals surface area contributed by atoms with E-state index in [4.69, 9.17) is 0 Å². The minimum absolute atomic E-state index is 0.589. The molecule has 19 heavy (non-hydrogen) atoms. The Morgan fingerprint density at radius 1 is 1.11 bits per heavy atom. The summed E-state index contributed by atoms with van der Waals surface area (Å²) >= 11 is 0. The molecule has 2 aliphatic rings. The lowest BCUT2D eigenvalue weighted by atomic mass is 9.85. The first-order chi connectivity index (χ1) is 8.91. The van der Waals surface area contributed by atoms with Gasteiger partial charge in [0.15, 0.2) is 0 Å². The van der Waals surface area contributed by atoms with Gasteiger partial charge in [0.1, 0.15) is 0 Å². The zero-order chi connectivity index (χ0) is 14.0. The molecule has 2 unspecified atom stereocenters. The van der Waals surface area contributed by atoms with Crippen molar-refractivity contribution in [2.24, 2.45) is 17.3 Å². The van der Waals surface area contributed by atoms with Crippen LogP contribution in [0.15, 0.2) is 0 Å². The first kappa shape index (κ1) is 15.3. The van der Waals surface area contributed by atoms with Gasteiger partial charge in [-0.1, -0.05) is 47.5 Å². The number of rotatable bonds is 4. The van der Waals surface area contributed by atoms with Crippen LogP contribution in [0.5, 0.6) is 0 Å². The van der Waals surface area contributed by atoms with Gasteiger partial charge in [-0.15, -0.1) is 0 Å². The lowest BCUT2D eigenvalue weighted by Crippen LogP contribution is -2.61. The maximum atomic E-state index is 3.78. The molecular formula is C17H34N2. The summed E-state index contributed by atoms with van der Waals surface area (Å²) in [5, 5.41) is 3.78. The molecular weight excluding hydrogens is 232 g/mol. The fourth-order valence-electron chi connectivity index (χ4n) is 4.02. The van der Waals surface area contributed by atoms with Gasteiger partial charge in [-0.3, -0.25) is 4.90 Å². The molecule has 0 aromatic rings. The van der Waals surface area contributed by atoms with Crippen LogP contribution < -0.4 is 5.32 Å². The Bertz CT molecular complexity index is 279. The van der Waals surface area contributed by atoms with Crippen LogP contribution in [0.2, 0.25) is 0 Å². The van der Waals surface area contributed by atoms with Gasteiger partial charge in [-0.25, -0.2) is 0 Å². The van der Waals surface area contributed by atoms with Gasteiger partial charge in [0, 0.05) is 31.7 Å². The topological polar surface area (TPSA) is 15.3 Å². The molecule has 0 aromatic heterocycles. The van der Waals surface area contributed by atoms with Crippen LogP contribution in [0.3, 0.4) is 0 Å². The Morgan fingerprint density at radius 3 is 2.26 bits per heavy atom. The van der Waals surface area contributed by atoms with Gasteiger partial charge in [0.05, 0.1) is 0 Å². The second-order valence-electron chi connectivity index (χ2n) is 8.02. The van der Waals surface area contributed by atoms with E-state index in [9.17, 15) is 0 Å². The van der Waals surface area contributed by atoms with Crippen LogP contribution >= 0.6 is 0 Å².